The average Bonchev–Trinajstić information content (AvgIpc) is 2.65. The molecule has 9 heteroatoms. The van der Waals surface area contributed by atoms with Gasteiger partial charge in [0.25, 0.3) is 0 Å². The molecule has 3 rings (SSSR count). The van der Waals surface area contributed by atoms with Crippen LogP contribution in [0.2, 0.25) is 45.2 Å². The molecule has 3 aromatic rings. The first-order chi connectivity index (χ1) is 12.6. The maximum absolute atomic E-state index is 5.63. The van der Waals surface area contributed by atoms with Crippen molar-refractivity contribution in [2.45, 2.75) is 0 Å². The molecule has 0 aliphatic heterocycles. The average molecular weight is 544 g/mol. The molecule has 0 bridgehead atoms. The van der Waals surface area contributed by atoms with Crippen molar-refractivity contribution in [3.63, 3.8) is 0 Å². The maximum Gasteiger partial charge on any atom is 0.0793 e. The van der Waals surface area contributed by atoms with E-state index < -0.39 is 0 Å². The Hall–Kier alpha value is 0.270. The fourth-order valence-corrected chi connectivity index (χ4v) is 2.96. The lowest BCUT2D eigenvalue weighted by Crippen LogP contribution is -1.71. The lowest BCUT2D eigenvalue weighted by molar-refractivity contribution is 1.70. The molecule has 0 aromatic heterocycles. The molecular weight excluding hydrogens is 535 g/mol. The van der Waals surface area contributed by atoms with Crippen molar-refractivity contribution < 1.29 is 0 Å². The van der Waals surface area contributed by atoms with E-state index in [9.17, 15) is 0 Å². The first-order valence-corrected chi connectivity index (χ1v) is 10.3. The quantitative estimate of drug-likeness (QED) is 0.195. The van der Waals surface area contributed by atoms with Crippen molar-refractivity contribution in [1.82, 2.24) is 0 Å². The SMILES string of the molecule is Clc1ccc(Cl)c(Cl)c1Cl.Clc1cccc(Cl)c1Cl.Clc1ccccc1Cl. The van der Waals surface area contributed by atoms with Gasteiger partial charge in [0.05, 0.1) is 45.2 Å². The summed E-state index contributed by atoms with van der Waals surface area (Å²) in [4.78, 5) is 0. The molecule has 0 amide bonds. The van der Waals surface area contributed by atoms with E-state index in [0.29, 0.717) is 45.2 Å². The number of hydrogen-bond acceptors (Lipinski definition) is 0. The molecule has 0 spiro atoms. The Morgan fingerprint density at radius 3 is 0.889 bits per heavy atom. The summed E-state index contributed by atoms with van der Waals surface area (Å²) >= 11 is 50.5. The third-order valence-corrected chi connectivity index (χ3v) is 6.41. The maximum atomic E-state index is 5.63. The summed E-state index contributed by atoms with van der Waals surface area (Å²) in [7, 11) is 0. The first kappa shape index (κ1) is 25.3. The summed E-state index contributed by atoms with van der Waals surface area (Å²) in [5.41, 5.74) is 0. The zero-order valence-electron chi connectivity index (χ0n) is 13.1. The highest BCUT2D eigenvalue weighted by atomic mass is 35.5. The fourth-order valence-electron chi connectivity index (χ4n) is 1.42. The van der Waals surface area contributed by atoms with Crippen LogP contribution in [0.3, 0.4) is 0 Å². The van der Waals surface area contributed by atoms with Gasteiger partial charge in [-0.05, 0) is 36.4 Å². The highest BCUT2D eigenvalue weighted by molar-refractivity contribution is 6.51. The normalized spacial score (nSPS) is 9.67. The van der Waals surface area contributed by atoms with Crippen molar-refractivity contribution in [3.05, 3.63) is 99.8 Å². The number of benzene rings is 3. The molecule has 0 saturated carbocycles. The van der Waals surface area contributed by atoms with E-state index in [1.54, 1.807) is 42.5 Å². The minimum absolute atomic E-state index is 0.302. The van der Waals surface area contributed by atoms with E-state index in [1.165, 1.54) is 0 Å². The van der Waals surface area contributed by atoms with Crippen LogP contribution in [0.1, 0.15) is 0 Å². The molecular formula is C18H9Cl9. The molecule has 0 N–H and O–H groups in total. The Labute approximate surface area is 202 Å². The topological polar surface area (TPSA) is 0 Å². The van der Waals surface area contributed by atoms with E-state index in [4.69, 9.17) is 104 Å². The number of rotatable bonds is 0. The highest BCUT2D eigenvalue weighted by Crippen LogP contribution is 2.35. The monoisotopic (exact) mass is 540 g/mol. The van der Waals surface area contributed by atoms with E-state index >= 15 is 0 Å². The van der Waals surface area contributed by atoms with Crippen LogP contribution in [-0.2, 0) is 0 Å². The molecule has 144 valence electrons. The molecule has 0 aliphatic rings. The Balaban J connectivity index is 0.000000204. The van der Waals surface area contributed by atoms with Gasteiger partial charge in [-0.3, -0.25) is 0 Å². The number of halogens is 9. The van der Waals surface area contributed by atoms with Crippen LogP contribution in [0.4, 0.5) is 0 Å². The molecule has 0 atom stereocenters. The standard InChI is InChI=1S/C6H2Cl4.C6H3Cl3.C6H4Cl2/c7-3-1-2-4(8)6(10)5(3)9;7-4-2-1-3-5(8)6(4)9;7-5-3-1-2-4-6(5)8/h1-2H;1-3H;1-4H. The summed E-state index contributed by atoms with van der Waals surface area (Å²) in [6.45, 7) is 0. The van der Waals surface area contributed by atoms with Crippen LogP contribution >= 0.6 is 104 Å². The minimum atomic E-state index is 0.302. The Morgan fingerprint density at radius 1 is 0.296 bits per heavy atom. The number of hydrogen-bond donors (Lipinski definition) is 0. The summed E-state index contributed by atoms with van der Waals surface area (Å²) in [6, 6.07) is 15.5. The van der Waals surface area contributed by atoms with Gasteiger partial charge in [-0.1, -0.05) is 123 Å². The van der Waals surface area contributed by atoms with Crippen LogP contribution in [0.25, 0.3) is 0 Å². The van der Waals surface area contributed by atoms with Gasteiger partial charge >= 0.3 is 0 Å². The molecule has 0 nitrogen and oxygen atoms in total. The zero-order valence-corrected chi connectivity index (χ0v) is 19.9. The second-order valence-corrected chi connectivity index (χ2v) is 8.18. The van der Waals surface area contributed by atoms with Gasteiger partial charge in [0.15, 0.2) is 0 Å². The Morgan fingerprint density at radius 2 is 0.593 bits per heavy atom. The van der Waals surface area contributed by atoms with E-state index in [1.807, 2.05) is 12.1 Å². The predicted molar refractivity (Wildman–Crippen MR) is 124 cm³/mol. The smallest absolute Gasteiger partial charge is 0.0793 e. The van der Waals surface area contributed by atoms with Crippen LogP contribution in [0.5, 0.6) is 0 Å². The van der Waals surface area contributed by atoms with Gasteiger partial charge in [-0.15, -0.1) is 0 Å². The second kappa shape index (κ2) is 12.8. The van der Waals surface area contributed by atoms with Crippen LogP contribution < -0.4 is 0 Å². The van der Waals surface area contributed by atoms with Gasteiger partial charge in [0, 0.05) is 0 Å². The van der Waals surface area contributed by atoms with Crippen molar-refractivity contribution in [2.75, 3.05) is 0 Å². The molecule has 0 radical (unpaired) electrons. The lowest BCUT2D eigenvalue weighted by Gasteiger charge is -1.98. The van der Waals surface area contributed by atoms with Crippen molar-refractivity contribution in [3.8, 4) is 0 Å². The summed E-state index contributed by atoms with van der Waals surface area (Å²) in [5.74, 6) is 0. The summed E-state index contributed by atoms with van der Waals surface area (Å²) < 4.78 is 0. The molecule has 0 saturated heterocycles. The van der Waals surface area contributed by atoms with Crippen LogP contribution in [0, 0.1) is 0 Å². The molecule has 0 fully saturated rings. The Bertz CT molecular complexity index is 826. The van der Waals surface area contributed by atoms with Gasteiger partial charge in [-0.25, -0.2) is 0 Å². The fraction of sp³-hybridized carbons (Fsp3) is 0. The third-order valence-electron chi connectivity index (χ3n) is 2.72. The molecule has 3 aromatic carbocycles. The summed E-state index contributed by atoms with van der Waals surface area (Å²) in [5, 5.41) is 4.04. The van der Waals surface area contributed by atoms with Crippen LogP contribution in [-0.4, -0.2) is 0 Å². The second-order valence-electron chi connectivity index (χ2n) is 4.61. The summed E-state index contributed by atoms with van der Waals surface area (Å²) in [6.07, 6.45) is 0. The van der Waals surface area contributed by atoms with Crippen molar-refractivity contribution in [1.29, 1.82) is 0 Å². The van der Waals surface area contributed by atoms with E-state index in [2.05, 4.69) is 0 Å². The van der Waals surface area contributed by atoms with Gasteiger partial charge in [-0.2, -0.15) is 0 Å². The molecule has 0 aliphatic carbocycles. The largest absolute Gasteiger partial charge is 0.0827 e. The van der Waals surface area contributed by atoms with Crippen LogP contribution in [0.15, 0.2) is 54.6 Å². The van der Waals surface area contributed by atoms with Crippen molar-refractivity contribution >= 4 is 104 Å². The van der Waals surface area contributed by atoms with Gasteiger partial charge in [0.2, 0.25) is 0 Å². The predicted octanol–water partition coefficient (Wildman–Crippen LogP) is 10.9. The molecule has 0 heterocycles. The molecule has 27 heavy (non-hydrogen) atoms. The van der Waals surface area contributed by atoms with Crippen molar-refractivity contribution in [2.24, 2.45) is 0 Å². The third kappa shape index (κ3) is 8.66. The first-order valence-electron chi connectivity index (χ1n) is 6.93. The zero-order chi connectivity index (χ0) is 20.6. The molecule has 0 unspecified atom stereocenters. The van der Waals surface area contributed by atoms with E-state index in [-0.39, 0.29) is 0 Å². The Kier molecular flexibility index (Phi) is 12.0. The van der Waals surface area contributed by atoms with E-state index in [0.717, 1.165) is 0 Å². The highest BCUT2D eigenvalue weighted by Gasteiger charge is 2.05. The minimum Gasteiger partial charge on any atom is -0.0827 e. The van der Waals surface area contributed by atoms with Gasteiger partial charge < -0.3 is 0 Å². The van der Waals surface area contributed by atoms with Gasteiger partial charge in [0.1, 0.15) is 0 Å². The lowest BCUT2D eigenvalue weighted by atomic mass is 10.4.